The molecule has 1 aliphatic rings. The Bertz CT molecular complexity index is 701. The smallest absolute Gasteiger partial charge is 0.348 e. The molecule has 1 amide bonds. The molecule has 1 atom stereocenters. The molecule has 0 spiro atoms. The fraction of sp³-hybridized carbons (Fsp3) is 0.632. The summed E-state index contributed by atoms with van der Waals surface area (Å²) in [5.41, 5.74) is 0.698. The average Bonchev–Trinajstić information content (AvgIpc) is 2.93. The summed E-state index contributed by atoms with van der Waals surface area (Å²) in [5.74, 6) is -1.26. The summed E-state index contributed by atoms with van der Waals surface area (Å²) in [7, 11) is 0. The van der Waals surface area contributed by atoms with Crippen molar-refractivity contribution >= 4 is 34.2 Å². The number of amides is 1. The standard InChI is InChI=1S/C19H28N2O5S/c1-5-25-18(23)15-13(4)16(19(24)26-6-2)27-17(15)20-14(22)11-21-10-8-7-9-12(21)3/h12H,5-11H2,1-4H3,(H,20,22)/t12-/m0/s1. The third-order valence-electron chi connectivity index (χ3n) is 4.63. The molecule has 1 N–H and O–H groups in total. The SMILES string of the molecule is CCOC(=O)c1sc(NC(=O)CN2CCCC[C@@H]2C)c(C(=O)OCC)c1C. The van der Waals surface area contributed by atoms with E-state index in [0.29, 0.717) is 21.5 Å². The van der Waals surface area contributed by atoms with Crippen LogP contribution in [0.3, 0.4) is 0 Å². The molecule has 1 aliphatic heterocycles. The van der Waals surface area contributed by atoms with Crippen LogP contribution in [0, 0.1) is 6.92 Å². The van der Waals surface area contributed by atoms with E-state index >= 15 is 0 Å². The van der Waals surface area contributed by atoms with Crippen LogP contribution in [0.4, 0.5) is 5.00 Å². The Morgan fingerprint density at radius 3 is 2.44 bits per heavy atom. The molecule has 27 heavy (non-hydrogen) atoms. The van der Waals surface area contributed by atoms with Gasteiger partial charge in [-0.05, 0) is 52.6 Å². The van der Waals surface area contributed by atoms with Gasteiger partial charge < -0.3 is 14.8 Å². The lowest BCUT2D eigenvalue weighted by atomic mass is 10.0. The zero-order valence-electron chi connectivity index (χ0n) is 16.4. The van der Waals surface area contributed by atoms with Crippen LogP contribution in [-0.2, 0) is 14.3 Å². The van der Waals surface area contributed by atoms with Gasteiger partial charge in [-0.15, -0.1) is 11.3 Å². The molecule has 150 valence electrons. The fourth-order valence-electron chi connectivity index (χ4n) is 3.19. The highest BCUT2D eigenvalue weighted by Gasteiger charge is 2.28. The molecule has 1 aromatic rings. The van der Waals surface area contributed by atoms with Crippen molar-refractivity contribution in [2.75, 3.05) is 31.6 Å². The van der Waals surface area contributed by atoms with Crippen molar-refractivity contribution in [2.45, 2.75) is 53.0 Å². The van der Waals surface area contributed by atoms with Crippen molar-refractivity contribution in [3.05, 3.63) is 16.0 Å². The first-order chi connectivity index (χ1) is 12.9. The van der Waals surface area contributed by atoms with Gasteiger partial charge in [-0.1, -0.05) is 6.42 Å². The topological polar surface area (TPSA) is 84.9 Å². The molecule has 1 aromatic heterocycles. The van der Waals surface area contributed by atoms with Gasteiger partial charge in [0, 0.05) is 6.04 Å². The first-order valence-corrected chi connectivity index (χ1v) is 10.2. The lowest BCUT2D eigenvalue weighted by molar-refractivity contribution is -0.118. The van der Waals surface area contributed by atoms with Gasteiger partial charge in [0.15, 0.2) is 0 Å². The highest BCUT2D eigenvalue weighted by atomic mass is 32.1. The summed E-state index contributed by atoms with van der Waals surface area (Å²) >= 11 is 1.05. The Labute approximate surface area is 164 Å². The second-order valence-electron chi connectivity index (χ2n) is 6.56. The van der Waals surface area contributed by atoms with E-state index in [2.05, 4.69) is 17.1 Å². The number of anilines is 1. The molecule has 2 rings (SSSR count). The molecule has 0 saturated carbocycles. The van der Waals surface area contributed by atoms with E-state index in [9.17, 15) is 14.4 Å². The van der Waals surface area contributed by atoms with Crippen LogP contribution in [0.2, 0.25) is 0 Å². The van der Waals surface area contributed by atoms with E-state index in [1.54, 1.807) is 20.8 Å². The zero-order chi connectivity index (χ0) is 20.0. The number of hydrogen-bond acceptors (Lipinski definition) is 7. The van der Waals surface area contributed by atoms with Gasteiger partial charge in [0.05, 0.1) is 25.3 Å². The van der Waals surface area contributed by atoms with Crippen LogP contribution in [-0.4, -0.2) is 55.1 Å². The first-order valence-electron chi connectivity index (χ1n) is 9.40. The van der Waals surface area contributed by atoms with Crippen molar-refractivity contribution in [2.24, 2.45) is 0 Å². The van der Waals surface area contributed by atoms with E-state index in [1.807, 2.05) is 0 Å². The van der Waals surface area contributed by atoms with Crippen molar-refractivity contribution < 1.29 is 23.9 Å². The summed E-state index contributed by atoms with van der Waals surface area (Å²) in [6.07, 6.45) is 3.34. The third kappa shape index (κ3) is 5.29. The Morgan fingerprint density at radius 1 is 1.15 bits per heavy atom. The summed E-state index contributed by atoms with van der Waals surface area (Å²) in [4.78, 5) is 39.5. The lowest BCUT2D eigenvalue weighted by Gasteiger charge is -2.32. The van der Waals surface area contributed by atoms with Gasteiger partial charge in [0.25, 0.3) is 0 Å². The molecule has 8 heteroatoms. The number of likely N-dealkylation sites (tertiary alicyclic amines) is 1. The second kappa shape index (κ2) is 9.85. The van der Waals surface area contributed by atoms with Gasteiger partial charge >= 0.3 is 11.9 Å². The molecule has 0 bridgehead atoms. The Hall–Kier alpha value is -1.93. The minimum absolute atomic E-state index is 0.203. The van der Waals surface area contributed by atoms with Crippen molar-refractivity contribution in [3.8, 4) is 0 Å². The van der Waals surface area contributed by atoms with E-state index in [0.717, 1.165) is 30.7 Å². The molecule has 0 radical (unpaired) electrons. The zero-order valence-corrected chi connectivity index (χ0v) is 17.2. The summed E-state index contributed by atoms with van der Waals surface area (Å²) in [5, 5.41) is 3.14. The molecule has 2 heterocycles. The Morgan fingerprint density at radius 2 is 1.81 bits per heavy atom. The lowest BCUT2D eigenvalue weighted by Crippen LogP contribution is -2.42. The van der Waals surface area contributed by atoms with Crippen LogP contribution < -0.4 is 5.32 Å². The number of nitrogens with zero attached hydrogens (tertiary/aromatic N) is 1. The van der Waals surface area contributed by atoms with E-state index in [-0.39, 0.29) is 31.2 Å². The van der Waals surface area contributed by atoms with Gasteiger partial charge in [0.1, 0.15) is 9.88 Å². The maximum atomic E-state index is 12.6. The van der Waals surface area contributed by atoms with Gasteiger partial charge in [-0.2, -0.15) is 0 Å². The van der Waals surface area contributed by atoms with Crippen molar-refractivity contribution in [1.82, 2.24) is 4.90 Å². The van der Waals surface area contributed by atoms with Crippen LogP contribution in [0.1, 0.15) is 65.6 Å². The molecular weight excluding hydrogens is 368 g/mol. The predicted octanol–water partition coefficient (Wildman–Crippen LogP) is 3.22. The molecule has 0 aromatic carbocycles. The number of piperidine rings is 1. The quantitative estimate of drug-likeness (QED) is 0.713. The molecule has 1 fully saturated rings. The van der Waals surface area contributed by atoms with Crippen molar-refractivity contribution in [3.63, 3.8) is 0 Å². The Kier molecular flexibility index (Phi) is 7.79. The van der Waals surface area contributed by atoms with Crippen LogP contribution in [0.15, 0.2) is 0 Å². The third-order valence-corrected chi connectivity index (χ3v) is 5.81. The summed E-state index contributed by atoms with van der Waals surface area (Å²) < 4.78 is 10.2. The summed E-state index contributed by atoms with van der Waals surface area (Å²) in [6, 6.07) is 0.356. The number of rotatable bonds is 7. The second-order valence-corrected chi connectivity index (χ2v) is 7.59. The highest BCUT2D eigenvalue weighted by Crippen LogP contribution is 2.34. The number of thiophene rings is 1. The van der Waals surface area contributed by atoms with Crippen molar-refractivity contribution in [1.29, 1.82) is 0 Å². The molecule has 0 aliphatic carbocycles. The summed E-state index contributed by atoms with van der Waals surface area (Å²) in [6.45, 7) is 8.80. The number of hydrogen-bond donors (Lipinski definition) is 1. The maximum absolute atomic E-state index is 12.6. The maximum Gasteiger partial charge on any atom is 0.348 e. The molecule has 7 nitrogen and oxygen atoms in total. The number of esters is 2. The minimum Gasteiger partial charge on any atom is -0.462 e. The number of ether oxygens (including phenoxy) is 2. The highest BCUT2D eigenvalue weighted by molar-refractivity contribution is 7.18. The van der Waals surface area contributed by atoms with Gasteiger partial charge in [-0.3, -0.25) is 9.69 Å². The first kappa shape index (κ1) is 21.4. The van der Waals surface area contributed by atoms with E-state index in [1.165, 1.54) is 6.42 Å². The average molecular weight is 397 g/mol. The minimum atomic E-state index is -0.552. The predicted molar refractivity (Wildman–Crippen MR) is 104 cm³/mol. The molecule has 0 unspecified atom stereocenters. The fourth-order valence-corrected chi connectivity index (χ4v) is 4.29. The van der Waals surface area contributed by atoms with Crippen LogP contribution >= 0.6 is 11.3 Å². The number of carbonyl (C=O) groups excluding carboxylic acids is 3. The van der Waals surface area contributed by atoms with E-state index in [4.69, 9.17) is 9.47 Å². The largest absolute Gasteiger partial charge is 0.462 e. The van der Waals surface area contributed by atoms with Crippen LogP contribution in [0.25, 0.3) is 0 Å². The van der Waals surface area contributed by atoms with Crippen LogP contribution in [0.5, 0.6) is 0 Å². The van der Waals surface area contributed by atoms with E-state index < -0.39 is 11.9 Å². The Balaban J connectivity index is 2.22. The molecular formula is C19H28N2O5S. The van der Waals surface area contributed by atoms with Gasteiger partial charge in [0.2, 0.25) is 5.91 Å². The normalized spacial score (nSPS) is 17.4. The van der Waals surface area contributed by atoms with Gasteiger partial charge in [-0.25, -0.2) is 9.59 Å². The number of nitrogens with one attached hydrogen (secondary N) is 1. The monoisotopic (exact) mass is 396 g/mol. The molecule has 1 saturated heterocycles. The number of carbonyl (C=O) groups is 3.